The van der Waals surface area contributed by atoms with Gasteiger partial charge in [-0.2, -0.15) is 0 Å². The molecule has 0 amide bonds. The number of aromatic nitrogens is 2. The molecule has 0 saturated heterocycles. The maximum Gasteiger partial charge on any atom is 0.121 e. The Balaban J connectivity index is 1.73. The Hall–Kier alpha value is -1.74. The Labute approximate surface area is 116 Å². The molecule has 1 aromatic heterocycles. The molecule has 0 aliphatic carbocycles. The van der Waals surface area contributed by atoms with Crippen molar-refractivity contribution < 1.29 is 0 Å². The van der Waals surface area contributed by atoms with Gasteiger partial charge >= 0.3 is 0 Å². The molecule has 0 bridgehead atoms. The van der Waals surface area contributed by atoms with Crippen molar-refractivity contribution in [2.75, 3.05) is 0 Å². The zero-order chi connectivity index (χ0) is 12.8. The van der Waals surface area contributed by atoms with E-state index in [-0.39, 0.29) is 0 Å². The van der Waals surface area contributed by atoms with E-state index in [1.54, 1.807) is 0 Å². The van der Waals surface area contributed by atoms with E-state index in [2.05, 4.69) is 54.4 Å². The standard InChI is InChI=1S/C16H14N2S/c1-10-6-7-12-13(8-10)18-16(17-12)15-9-11-4-2-3-5-14(11)19-15/h2-8,15H,9H2,1H3,(H,17,18). The van der Waals surface area contributed by atoms with Crippen LogP contribution in [-0.4, -0.2) is 9.97 Å². The fraction of sp³-hybridized carbons (Fsp3) is 0.188. The first kappa shape index (κ1) is 11.1. The predicted molar refractivity (Wildman–Crippen MR) is 79.6 cm³/mol. The Bertz CT molecular complexity index is 735. The lowest BCUT2D eigenvalue weighted by Gasteiger charge is -2.02. The third-order valence-electron chi connectivity index (χ3n) is 3.61. The van der Waals surface area contributed by atoms with Gasteiger partial charge in [0.05, 0.1) is 16.3 Å². The van der Waals surface area contributed by atoms with Gasteiger partial charge in [0.25, 0.3) is 0 Å². The molecule has 0 saturated carbocycles. The smallest absolute Gasteiger partial charge is 0.121 e. The number of rotatable bonds is 1. The van der Waals surface area contributed by atoms with E-state index in [9.17, 15) is 0 Å². The van der Waals surface area contributed by atoms with Crippen molar-refractivity contribution in [3.05, 3.63) is 59.4 Å². The molecule has 3 heteroatoms. The van der Waals surface area contributed by atoms with Crippen molar-refractivity contribution in [3.8, 4) is 0 Å². The maximum atomic E-state index is 4.74. The van der Waals surface area contributed by atoms with Gasteiger partial charge in [-0.15, -0.1) is 11.8 Å². The highest BCUT2D eigenvalue weighted by atomic mass is 32.2. The molecule has 94 valence electrons. The molecule has 0 spiro atoms. The van der Waals surface area contributed by atoms with E-state index in [1.165, 1.54) is 16.0 Å². The van der Waals surface area contributed by atoms with Crippen LogP contribution in [0.5, 0.6) is 0 Å². The first-order valence-electron chi connectivity index (χ1n) is 6.50. The van der Waals surface area contributed by atoms with Gasteiger partial charge in [-0.3, -0.25) is 0 Å². The Morgan fingerprint density at radius 2 is 2.11 bits per heavy atom. The number of nitrogens with zero attached hydrogens (tertiary/aromatic N) is 1. The minimum atomic E-state index is 0.421. The van der Waals surface area contributed by atoms with Crippen molar-refractivity contribution in [2.45, 2.75) is 23.5 Å². The van der Waals surface area contributed by atoms with E-state index in [0.29, 0.717) is 5.25 Å². The molecule has 19 heavy (non-hydrogen) atoms. The normalized spacial score (nSPS) is 17.8. The molecular formula is C16H14N2S. The molecule has 3 aromatic rings. The Morgan fingerprint density at radius 1 is 1.21 bits per heavy atom. The summed E-state index contributed by atoms with van der Waals surface area (Å²) >= 11 is 1.91. The first-order chi connectivity index (χ1) is 9.29. The number of hydrogen-bond acceptors (Lipinski definition) is 2. The summed E-state index contributed by atoms with van der Waals surface area (Å²) in [6, 6.07) is 15.0. The van der Waals surface area contributed by atoms with Crippen molar-refractivity contribution in [3.63, 3.8) is 0 Å². The molecule has 1 N–H and O–H groups in total. The molecule has 4 rings (SSSR count). The summed E-state index contributed by atoms with van der Waals surface area (Å²) in [7, 11) is 0. The number of nitrogens with one attached hydrogen (secondary N) is 1. The number of benzene rings is 2. The van der Waals surface area contributed by atoms with Crippen LogP contribution in [0.3, 0.4) is 0 Å². The van der Waals surface area contributed by atoms with Crippen molar-refractivity contribution >= 4 is 22.8 Å². The third-order valence-corrected chi connectivity index (χ3v) is 4.93. The molecule has 0 fully saturated rings. The van der Waals surface area contributed by atoms with Crippen LogP contribution < -0.4 is 0 Å². The van der Waals surface area contributed by atoms with E-state index in [4.69, 9.17) is 4.98 Å². The summed E-state index contributed by atoms with van der Waals surface area (Å²) in [6.45, 7) is 2.11. The molecular weight excluding hydrogens is 252 g/mol. The Morgan fingerprint density at radius 3 is 3.00 bits per heavy atom. The number of aromatic amines is 1. The van der Waals surface area contributed by atoms with Crippen LogP contribution in [0.15, 0.2) is 47.4 Å². The predicted octanol–water partition coefficient (Wildman–Crippen LogP) is 4.26. The molecule has 1 unspecified atom stereocenters. The van der Waals surface area contributed by atoms with E-state index >= 15 is 0 Å². The van der Waals surface area contributed by atoms with Crippen molar-refractivity contribution in [1.82, 2.24) is 9.97 Å². The van der Waals surface area contributed by atoms with Crippen LogP contribution in [0.4, 0.5) is 0 Å². The zero-order valence-corrected chi connectivity index (χ0v) is 11.5. The van der Waals surface area contributed by atoms with Gasteiger partial charge in [-0.05, 0) is 42.7 Å². The number of H-pyrrole nitrogens is 1. The number of imidazole rings is 1. The lowest BCUT2D eigenvalue weighted by Crippen LogP contribution is -1.94. The summed E-state index contributed by atoms with van der Waals surface area (Å²) in [5, 5.41) is 0.421. The summed E-state index contributed by atoms with van der Waals surface area (Å²) in [5.74, 6) is 1.10. The number of fused-ring (bicyclic) bond motifs is 2. The zero-order valence-electron chi connectivity index (χ0n) is 10.7. The van der Waals surface area contributed by atoms with Gasteiger partial charge in [0.1, 0.15) is 5.82 Å². The van der Waals surface area contributed by atoms with Crippen LogP contribution in [0.1, 0.15) is 22.2 Å². The number of thioether (sulfide) groups is 1. The molecule has 2 aromatic carbocycles. The first-order valence-corrected chi connectivity index (χ1v) is 7.38. The second-order valence-corrected chi connectivity index (χ2v) is 6.31. The van der Waals surface area contributed by atoms with Gasteiger partial charge in [0.15, 0.2) is 0 Å². The van der Waals surface area contributed by atoms with Gasteiger partial charge in [0.2, 0.25) is 0 Å². The highest BCUT2D eigenvalue weighted by molar-refractivity contribution is 7.99. The molecule has 1 aliphatic heterocycles. The number of hydrogen-bond donors (Lipinski definition) is 1. The van der Waals surface area contributed by atoms with Gasteiger partial charge in [-0.25, -0.2) is 4.98 Å². The lowest BCUT2D eigenvalue weighted by atomic mass is 10.1. The maximum absolute atomic E-state index is 4.74. The molecule has 0 radical (unpaired) electrons. The van der Waals surface area contributed by atoms with Crippen molar-refractivity contribution in [1.29, 1.82) is 0 Å². The van der Waals surface area contributed by atoms with Crippen molar-refractivity contribution in [2.24, 2.45) is 0 Å². The third kappa shape index (κ3) is 1.85. The van der Waals surface area contributed by atoms with Crippen LogP contribution >= 0.6 is 11.8 Å². The molecule has 1 aliphatic rings. The second-order valence-electron chi connectivity index (χ2n) is 5.06. The monoisotopic (exact) mass is 266 g/mol. The second kappa shape index (κ2) is 4.14. The highest BCUT2D eigenvalue weighted by Crippen LogP contribution is 2.45. The summed E-state index contributed by atoms with van der Waals surface area (Å²) in [5.41, 5.74) is 4.92. The average Bonchev–Trinajstić information content (AvgIpc) is 3.00. The average molecular weight is 266 g/mol. The lowest BCUT2D eigenvalue weighted by molar-refractivity contribution is 0.881. The molecule has 2 nitrogen and oxygen atoms in total. The molecule has 2 heterocycles. The minimum absolute atomic E-state index is 0.421. The fourth-order valence-electron chi connectivity index (χ4n) is 2.63. The summed E-state index contributed by atoms with van der Waals surface area (Å²) in [6.07, 6.45) is 1.07. The number of aryl methyl sites for hydroxylation is 1. The summed E-state index contributed by atoms with van der Waals surface area (Å²) < 4.78 is 0. The topological polar surface area (TPSA) is 28.7 Å². The van der Waals surface area contributed by atoms with Gasteiger partial charge in [-0.1, -0.05) is 24.3 Å². The fourth-order valence-corrected chi connectivity index (χ4v) is 3.88. The van der Waals surface area contributed by atoms with Crippen LogP contribution in [-0.2, 0) is 6.42 Å². The Kier molecular flexibility index (Phi) is 2.42. The van der Waals surface area contributed by atoms with E-state index < -0.39 is 0 Å². The van der Waals surface area contributed by atoms with Gasteiger partial charge in [0, 0.05) is 4.90 Å². The van der Waals surface area contributed by atoms with E-state index in [1.807, 2.05) is 11.8 Å². The summed E-state index contributed by atoms with van der Waals surface area (Å²) in [4.78, 5) is 9.62. The largest absolute Gasteiger partial charge is 0.341 e. The van der Waals surface area contributed by atoms with Crippen LogP contribution in [0.2, 0.25) is 0 Å². The highest BCUT2D eigenvalue weighted by Gasteiger charge is 2.25. The molecule has 1 atom stereocenters. The van der Waals surface area contributed by atoms with Crippen LogP contribution in [0.25, 0.3) is 11.0 Å². The SMILES string of the molecule is Cc1ccc2nc(C3Cc4ccccc4S3)[nH]c2c1. The van der Waals surface area contributed by atoms with E-state index in [0.717, 1.165) is 23.3 Å². The minimum Gasteiger partial charge on any atom is -0.341 e. The van der Waals surface area contributed by atoms with Gasteiger partial charge < -0.3 is 4.98 Å². The van der Waals surface area contributed by atoms with Crippen LogP contribution in [0, 0.1) is 6.92 Å². The quantitative estimate of drug-likeness (QED) is 0.713.